The van der Waals surface area contributed by atoms with Crippen molar-refractivity contribution in [2.75, 3.05) is 19.6 Å². The van der Waals surface area contributed by atoms with Crippen molar-refractivity contribution in [3.63, 3.8) is 0 Å². The second kappa shape index (κ2) is 7.07. The number of nitrogens with one attached hydrogen (secondary N) is 1. The first-order chi connectivity index (χ1) is 8.20. The zero-order valence-corrected chi connectivity index (χ0v) is 11.8. The molecule has 0 aliphatic carbocycles. The fourth-order valence-corrected chi connectivity index (χ4v) is 2.63. The van der Waals surface area contributed by atoms with Crippen molar-refractivity contribution in [2.45, 2.75) is 32.4 Å². The van der Waals surface area contributed by atoms with Crippen LogP contribution in [0.15, 0.2) is 24.3 Å². The van der Waals surface area contributed by atoms with Crippen molar-refractivity contribution in [3.05, 3.63) is 35.6 Å². The average Bonchev–Trinajstić information content (AvgIpc) is 2.33. The topological polar surface area (TPSA) is 15.3 Å². The molecule has 2 nitrogen and oxygen atoms in total. The van der Waals surface area contributed by atoms with Gasteiger partial charge in [-0.25, -0.2) is 4.39 Å². The molecule has 2 rings (SSSR count). The van der Waals surface area contributed by atoms with E-state index in [2.05, 4.69) is 24.1 Å². The summed E-state index contributed by atoms with van der Waals surface area (Å²) in [4.78, 5) is 2.49. The van der Waals surface area contributed by atoms with Gasteiger partial charge in [-0.15, -0.1) is 12.4 Å². The Morgan fingerprint density at radius 2 is 2.06 bits per heavy atom. The highest BCUT2D eigenvalue weighted by Crippen LogP contribution is 2.25. The van der Waals surface area contributed by atoms with Gasteiger partial charge in [-0.1, -0.05) is 19.1 Å². The minimum Gasteiger partial charge on any atom is -0.312 e. The van der Waals surface area contributed by atoms with E-state index in [1.807, 2.05) is 12.1 Å². The summed E-state index contributed by atoms with van der Waals surface area (Å²) in [6.07, 6.45) is 1.07. The Morgan fingerprint density at radius 1 is 1.39 bits per heavy atom. The molecule has 0 aromatic heterocycles. The minimum absolute atomic E-state index is 0. The number of halogens is 2. The van der Waals surface area contributed by atoms with Crippen molar-refractivity contribution in [1.82, 2.24) is 10.2 Å². The van der Waals surface area contributed by atoms with Crippen molar-refractivity contribution >= 4 is 12.4 Å². The Hall–Kier alpha value is -0.640. The Balaban J connectivity index is 0.00000162. The molecule has 1 fully saturated rings. The second-order valence-corrected chi connectivity index (χ2v) is 4.83. The second-order valence-electron chi connectivity index (χ2n) is 4.83. The monoisotopic (exact) mass is 272 g/mol. The number of hydrogen-bond acceptors (Lipinski definition) is 2. The highest BCUT2D eigenvalue weighted by Gasteiger charge is 2.23. The van der Waals surface area contributed by atoms with E-state index in [9.17, 15) is 4.39 Å². The fourth-order valence-electron chi connectivity index (χ4n) is 2.63. The fraction of sp³-hybridized carbons (Fsp3) is 0.571. The molecule has 102 valence electrons. The van der Waals surface area contributed by atoms with E-state index in [0.29, 0.717) is 12.1 Å². The molecule has 0 radical (unpaired) electrons. The molecule has 2 atom stereocenters. The predicted molar refractivity (Wildman–Crippen MR) is 75.7 cm³/mol. The molecular formula is C14H22ClFN2. The van der Waals surface area contributed by atoms with E-state index in [1.165, 1.54) is 5.56 Å². The van der Waals surface area contributed by atoms with Crippen molar-refractivity contribution < 1.29 is 4.39 Å². The molecule has 2 unspecified atom stereocenters. The summed E-state index contributed by atoms with van der Waals surface area (Å²) in [6.45, 7) is 7.58. The Labute approximate surface area is 115 Å². The normalized spacial score (nSPS) is 22.3. The first kappa shape index (κ1) is 15.4. The van der Waals surface area contributed by atoms with Crippen LogP contribution >= 0.6 is 12.4 Å². The van der Waals surface area contributed by atoms with Crippen molar-refractivity contribution in [3.8, 4) is 0 Å². The largest absolute Gasteiger partial charge is 0.312 e. The molecule has 0 bridgehead atoms. The first-order valence-corrected chi connectivity index (χ1v) is 6.43. The van der Waals surface area contributed by atoms with Crippen LogP contribution in [0.4, 0.5) is 4.39 Å². The maximum Gasteiger partial charge on any atom is 0.123 e. The van der Waals surface area contributed by atoms with E-state index < -0.39 is 0 Å². The molecule has 4 heteroatoms. The van der Waals surface area contributed by atoms with Gasteiger partial charge in [-0.05, 0) is 31.0 Å². The van der Waals surface area contributed by atoms with Crippen LogP contribution in [-0.4, -0.2) is 30.6 Å². The molecule has 1 saturated heterocycles. The van der Waals surface area contributed by atoms with Gasteiger partial charge in [0, 0.05) is 31.7 Å². The third-order valence-electron chi connectivity index (χ3n) is 3.48. The van der Waals surface area contributed by atoms with Gasteiger partial charge in [0.2, 0.25) is 0 Å². The summed E-state index contributed by atoms with van der Waals surface area (Å²) in [5, 5.41) is 3.45. The molecule has 1 aromatic rings. The van der Waals surface area contributed by atoms with Gasteiger partial charge in [0.15, 0.2) is 0 Å². The van der Waals surface area contributed by atoms with Gasteiger partial charge in [-0.2, -0.15) is 0 Å². The first-order valence-electron chi connectivity index (χ1n) is 6.43. The molecular weight excluding hydrogens is 251 g/mol. The lowest BCUT2D eigenvalue weighted by molar-refractivity contribution is 0.145. The van der Waals surface area contributed by atoms with Gasteiger partial charge < -0.3 is 5.32 Å². The Bertz CT molecular complexity index is 355. The predicted octanol–water partition coefficient (Wildman–Crippen LogP) is 2.99. The number of rotatable bonds is 3. The SMILES string of the molecule is CCC(c1ccc(F)cc1)N1CCNC(C)C1.Cl. The van der Waals surface area contributed by atoms with Crippen LogP contribution in [0.1, 0.15) is 31.9 Å². The third-order valence-corrected chi connectivity index (χ3v) is 3.48. The number of piperazine rings is 1. The molecule has 0 spiro atoms. The van der Waals surface area contributed by atoms with Gasteiger partial charge in [-0.3, -0.25) is 4.90 Å². The Morgan fingerprint density at radius 3 is 2.61 bits per heavy atom. The Kier molecular flexibility index (Phi) is 6.06. The lowest BCUT2D eigenvalue weighted by atomic mass is 10.0. The number of benzene rings is 1. The van der Waals surface area contributed by atoms with E-state index in [0.717, 1.165) is 26.1 Å². The van der Waals surface area contributed by atoms with E-state index in [-0.39, 0.29) is 18.2 Å². The third kappa shape index (κ3) is 3.67. The van der Waals surface area contributed by atoms with Gasteiger partial charge in [0.25, 0.3) is 0 Å². The van der Waals surface area contributed by atoms with Crippen LogP contribution in [0.2, 0.25) is 0 Å². The quantitative estimate of drug-likeness (QED) is 0.910. The number of nitrogens with zero attached hydrogens (tertiary/aromatic N) is 1. The van der Waals surface area contributed by atoms with E-state index in [4.69, 9.17) is 0 Å². The molecule has 0 saturated carbocycles. The van der Waals surface area contributed by atoms with Crippen molar-refractivity contribution in [2.24, 2.45) is 0 Å². The molecule has 1 aromatic carbocycles. The van der Waals surface area contributed by atoms with Crippen LogP contribution in [-0.2, 0) is 0 Å². The summed E-state index contributed by atoms with van der Waals surface area (Å²) in [6, 6.07) is 7.90. The van der Waals surface area contributed by atoms with E-state index in [1.54, 1.807) is 12.1 Å². The molecule has 0 amide bonds. The lowest BCUT2D eigenvalue weighted by Crippen LogP contribution is -2.50. The lowest BCUT2D eigenvalue weighted by Gasteiger charge is -2.37. The number of hydrogen-bond donors (Lipinski definition) is 1. The standard InChI is InChI=1S/C14H21FN2.ClH/c1-3-14(12-4-6-13(15)7-5-12)17-9-8-16-11(2)10-17;/h4-7,11,14,16H,3,8-10H2,1-2H3;1H. The molecule has 18 heavy (non-hydrogen) atoms. The van der Waals surface area contributed by atoms with Crippen LogP contribution in [0, 0.1) is 5.82 Å². The highest BCUT2D eigenvalue weighted by atomic mass is 35.5. The van der Waals surface area contributed by atoms with Gasteiger partial charge in [0.1, 0.15) is 5.82 Å². The highest BCUT2D eigenvalue weighted by molar-refractivity contribution is 5.85. The van der Waals surface area contributed by atoms with Gasteiger partial charge >= 0.3 is 0 Å². The smallest absolute Gasteiger partial charge is 0.123 e. The zero-order chi connectivity index (χ0) is 12.3. The van der Waals surface area contributed by atoms with Crippen LogP contribution in [0.5, 0.6) is 0 Å². The molecule has 1 N–H and O–H groups in total. The van der Waals surface area contributed by atoms with Crippen LogP contribution in [0.3, 0.4) is 0 Å². The summed E-state index contributed by atoms with van der Waals surface area (Å²) >= 11 is 0. The molecule has 1 aliphatic rings. The zero-order valence-electron chi connectivity index (χ0n) is 11.0. The minimum atomic E-state index is -0.155. The molecule has 1 aliphatic heterocycles. The van der Waals surface area contributed by atoms with E-state index >= 15 is 0 Å². The summed E-state index contributed by atoms with van der Waals surface area (Å²) < 4.78 is 12.9. The molecule has 1 heterocycles. The average molecular weight is 273 g/mol. The van der Waals surface area contributed by atoms with Crippen molar-refractivity contribution in [1.29, 1.82) is 0 Å². The van der Waals surface area contributed by atoms with Crippen LogP contribution < -0.4 is 5.32 Å². The summed E-state index contributed by atoms with van der Waals surface area (Å²) in [5.41, 5.74) is 1.23. The van der Waals surface area contributed by atoms with Crippen LogP contribution in [0.25, 0.3) is 0 Å². The maximum atomic E-state index is 12.9. The summed E-state index contributed by atoms with van der Waals surface area (Å²) in [5.74, 6) is -0.155. The van der Waals surface area contributed by atoms with Gasteiger partial charge in [0.05, 0.1) is 0 Å². The summed E-state index contributed by atoms with van der Waals surface area (Å²) in [7, 11) is 0. The maximum absolute atomic E-state index is 12.9.